The van der Waals surface area contributed by atoms with Crippen LogP contribution in [0.4, 0.5) is 0 Å². The molecule has 0 fully saturated rings. The number of likely N-dealkylation sites (N-methyl/N-ethyl adjacent to an activating group) is 1. The number of hydrogen-bond donors (Lipinski definition) is 1. The standard InChI is InChI=1S/C14H26ClN3O/c1-6-10-14(15)12(18(5)17-10)9-11(16-4)13(7-2)19-8-3/h11,13,16H,6-9H2,1-5H3. The van der Waals surface area contributed by atoms with Gasteiger partial charge in [-0.15, -0.1) is 0 Å². The van der Waals surface area contributed by atoms with Crippen LogP contribution in [0.15, 0.2) is 0 Å². The first-order valence-corrected chi connectivity index (χ1v) is 7.45. The summed E-state index contributed by atoms with van der Waals surface area (Å²) in [5.41, 5.74) is 2.05. The lowest BCUT2D eigenvalue weighted by Gasteiger charge is -2.26. The highest BCUT2D eigenvalue weighted by atomic mass is 35.5. The first-order chi connectivity index (χ1) is 9.08. The summed E-state index contributed by atoms with van der Waals surface area (Å²) in [6.45, 7) is 6.98. The summed E-state index contributed by atoms with van der Waals surface area (Å²) in [7, 11) is 3.92. The number of aromatic nitrogens is 2. The van der Waals surface area contributed by atoms with Crippen molar-refractivity contribution in [2.75, 3.05) is 13.7 Å². The molecule has 5 heteroatoms. The molecule has 1 N–H and O–H groups in total. The summed E-state index contributed by atoms with van der Waals surface area (Å²) in [6.07, 6.45) is 2.87. The predicted octanol–water partition coefficient (Wildman–Crippen LogP) is 2.58. The third-order valence-corrected chi connectivity index (χ3v) is 3.96. The van der Waals surface area contributed by atoms with E-state index in [0.717, 1.165) is 42.3 Å². The van der Waals surface area contributed by atoms with E-state index >= 15 is 0 Å². The molecule has 2 atom stereocenters. The normalized spacial score (nSPS) is 14.6. The first-order valence-electron chi connectivity index (χ1n) is 7.07. The molecule has 0 spiro atoms. The number of rotatable bonds is 8. The number of ether oxygens (including phenoxy) is 1. The van der Waals surface area contributed by atoms with E-state index in [-0.39, 0.29) is 12.1 Å². The molecular formula is C14H26ClN3O. The van der Waals surface area contributed by atoms with Gasteiger partial charge in [-0.1, -0.05) is 25.4 Å². The Morgan fingerprint density at radius 1 is 1.37 bits per heavy atom. The van der Waals surface area contributed by atoms with Crippen molar-refractivity contribution in [3.63, 3.8) is 0 Å². The Bertz CT molecular complexity index is 392. The van der Waals surface area contributed by atoms with Crippen LogP contribution in [-0.2, 0) is 24.6 Å². The Balaban J connectivity index is 2.88. The molecule has 1 aromatic rings. The molecule has 0 aliphatic rings. The molecule has 0 radical (unpaired) electrons. The molecule has 0 amide bonds. The lowest BCUT2D eigenvalue weighted by atomic mass is 10.0. The maximum Gasteiger partial charge on any atom is 0.0850 e. The fourth-order valence-electron chi connectivity index (χ4n) is 2.40. The van der Waals surface area contributed by atoms with Gasteiger partial charge in [-0.05, 0) is 26.8 Å². The summed E-state index contributed by atoms with van der Waals surface area (Å²) >= 11 is 6.40. The molecule has 0 saturated heterocycles. The second-order valence-electron chi connectivity index (χ2n) is 4.69. The Hall–Kier alpha value is -0.580. The summed E-state index contributed by atoms with van der Waals surface area (Å²) in [4.78, 5) is 0. The maximum atomic E-state index is 6.40. The van der Waals surface area contributed by atoms with Crippen molar-refractivity contribution in [2.45, 2.75) is 52.2 Å². The van der Waals surface area contributed by atoms with Crippen LogP contribution in [0.5, 0.6) is 0 Å². The summed E-state index contributed by atoms with van der Waals surface area (Å²) in [6, 6.07) is 0.252. The van der Waals surface area contributed by atoms with Crippen molar-refractivity contribution in [1.29, 1.82) is 0 Å². The zero-order valence-electron chi connectivity index (χ0n) is 12.7. The third-order valence-electron chi connectivity index (χ3n) is 3.52. The van der Waals surface area contributed by atoms with Crippen molar-refractivity contribution in [1.82, 2.24) is 15.1 Å². The molecule has 1 aromatic heterocycles. The monoisotopic (exact) mass is 287 g/mol. The molecule has 4 nitrogen and oxygen atoms in total. The molecule has 0 bridgehead atoms. The average Bonchev–Trinajstić information content (AvgIpc) is 2.69. The van der Waals surface area contributed by atoms with Crippen LogP contribution in [-0.4, -0.2) is 35.6 Å². The van der Waals surface area contributed by atoms with Gasteiger partial charge in [0.05, 0.1) is 22.5 Å². The van der Waals surface area contributed by atoms with Gasteiger partial charge >= 0.3 is 0 Å². The predicted molar refractivity (Wildman–Crippen MR) is 79.9 cm³/mol. The fourth-order valence-corrected chi connectivity index (χ4v) is 2.77. The van der Waals surface area contributed by atoms with E-state index < -0.39 is 0 Å². The number of nitrogens with zero attached hydrogens (tertiary/aromatic N) is 2. The van der Waals surface area contributed by atoms with Crippen molar-refractivity contribution >= 4 is 11.6 Å². The molecule has 110 valence electrons. The van der Waals surface area contributed by atoms with E-state index in [2.05, 4.69) is 24.3 Å². The van der Waals surface area contributed by atoms with Crippen molar-refractivity contribution in [3.05, 3.63) is 16.4 Å². The van der Waals surface area contributed by atoms with Crippen LogP contribution >= 0.6 is 11.6 Å². The number of hydrogen-bond acceptors (Lipinski definition) is 3. The molecule has 0 aliphatic carbocycles. The first kappa shape index (κ1) is 16.5. The summed E-state index contributed by atoms with van der Waals surface area (Å²) in [5.74, 6) is 0. The van der Waals surface area contributed by atoms with Crippen LogP contribution in [0.2, 0.25) is 5.02 Å². The van der Waals surface area contributed by atoms with E-state index in [1.165, 1.54) is 0 Å². The van der Waals surface area contributed by atoms with E-state index in [1.807, 2.05) is 25.7 Å². The SMILES string of the molecule is CCOC(CC)C(Cc1c(Cl)c(CC)nn1C)NC. The smallest absolute Gasteiger partial charge is 0.0850 e. The van der Waals surface area contributed by atoms with Crippen molar-refractivity contribution < 1.29 is 4.74 Å². The average molecular weight is 288 g/mol. The highest BCUT2D eigenvalue weighted by molar-refractivity contribution is 6.31. The van der Waals surface area contributed by atoms with Gasteiger partial charge < -0.3 is 10.1 Å². The highest BCUT2D eigenvalue weighted by Crippen LogP contribution is 2.23. The Labute approximate surface area is 121 Å². The van der Waals surface area contributed by atoms with Gasteiger partial charge in [0.1, 0.15) is 0 Å². The number of halogens is 1. The van der Waals surface area contributed by atoms with E-state index in [0.29, 0.717) is 0 Å². The van der Waals surface area contributed by atoms with E-state index in [4.69, 9.17) is 16.3 Å². The Morgan fingerprint density at radius 3 is 2.47 bits per heavy atom. The molecule has 2 unspecified atom stereocenters. The fraction of sp³-hybridized carbons (Fsp3) is 0.786. The second-order valence-corrected chi connectivity index (χ2v) is 5.06. The topological polar surface area (TPSA) is 39.1 Å². The van der Waals surface area contributed by atoms with Crippen molar-refractivity contribution in [3.8, 4) is 0 Å². The largest absolute Gasteiger partial charge is 0.377 e. The molecule has 0 aliphatic heterocycles. The molecule has 1 heterocycles. The van der Waals surface area contributed by atoms with Crippen LogP contribution in [0.3, 0.4) is 0 Å². The van der Waals surface area contributed by atoms with Gasteiger partial charge in [-0.2, -0.15) is 5.10 Å². The van der Waals surface area contributed by atoms with Gasteiger partial charge in [0.15, 0.2) is 0 Å². The van der Waals surface area contributed by atoms with Crippen LogP contribution in [0.1, 0.15) is 38.6 Å². The van der Waals surface area contributed by atoms with E-state index in [1.54, 1.807) is 0 Å². The van der Waals surface area contributed by atoms with Gasteiger partial charge in [0.2, 0.25) is 0 Å². The third kappa shape index (κ3) is 3.94. The second kappa shape index (κ2) is 7.88. The van der Waals surface area contributed by atoms with Crippen LogP contribution in [0, 0.1) is 0 Å². The molecule has 0 aromatic carbocycles. The van der Waals surface area contributed by atoms with Crippen LogP contribution < -0.4 is 5.32 Å². The van der Waals surface area contributed by atoms with Gasteiger partial charge in [-0.25, -0.2) is 0 Å². The zero-order chi connectivity index (χ0) is 14.4. The van der Waals surface area contributed by atoms with Gasteiger partial charge in [0.25, 0.3) is 0 Å². The number of nitrogens with one attached hydrogen (secondary N) is 1. The minimum absolute atomic E-state index is 0.200. The zero-order valence-corrected chi connectivity index (χ0v) is 13.4. The van der Waals surface area contributed by atoms with Gasteiger partial charge in [-0.3, -0.25) is 4.68 Å². The molecule has 19 heavy (non-hydrogen) atoms. The Morgan fingerprint density at radius 2 is 2.05 bits per heavy atom. The number of aryl methyl sites for hydroxylation is 2. The molecule has 0 saturated carbocycles. The molecular weight excluding hydrogens is 262 g/mol. The quantitative estimate of drug-likeness (QED) is 0.799. The summed E-state index contributed by atoms with van der Waals surface area (Å²) < 4.78 is 7.69. The minimum atomic E-state index is 0.200. The van der Waals surface area contributed by atoms with Crippen molar-refractivity contribution in [2.24, 2.45) is 7.05 Å². The lowest BCUT2D eigenvalue weighted by Crippen LogP contribution is -2.41. The summed E-state index contributed by atoms with van der Waals surface area (Å²) in [5, 5.41) is 8.61. The maximum absolute atomic E-state index is 6.40. The van der Waals surface area contributed by atoms with Gasteiger partial charge in [0, 0.05) is 26.1 Å². The van der Waals surface area contributed by atoms with E-state index in [9.17, 15) is 0 Å². The minimum Gasteiger partial charge on any atom is -0.377 e. The van der Waals surface area contributed by atoms with Crippen LogP contribution in [0.25, 0.3) is 0 Å². The highest BCUT2D eigenvalue weighted by Gasteiger charge is 2.23. The molecule has 1 rings (SSSR count). The Kier molecular flexibility index (Phi) is 6.83. The lowest BCUT2D eigenvalue weighted by molar-refractivity contribution is 0.0335.